The van der Waals surface area contributed by atoms with E-state index in [2.05, 4.69) is 5.32 Å². The molecule has 180 valence electrons. The summed E-state index contributed by atoms with van der Waals surface area (Å²) in [4.78, 5) is 25.6. The van der Waals surface area contributed by atoms with Gasteiger partial charge in [-0.15, -0.1) is 23.4 Å². The molecule has 0 bridgehead atoms. The Balaban J connectivity index is 2.24. The van der Waals surface area contributed by atoms with Crippen LogP contribution < -0.4 is 5.32 Å². The highest BCUT2D eigenvalue weighted by molar-refractivity contribution is 7.99. The maximum atomic E-state index is 15.2. The van der Waals surface area contributed by atoms with E-state index >= 15 is 4.39 Å². The van der Waals surface area contributed by atoms with Gasteiger partial charge in [-0.2, -0.15) is 0 Å². The average molecular weight is 487 g/mol. The zero-order valence-electron chi connectivity index (χ0n) is 17.8. The summed E-state index contributed by atoms with van der Waals surface area (Å²) in [5.74, 6) is -0.755. The summed E-state index contributed by atoms with van der Waals surface area (Å²) in [6.07, 6.45) is -4.78. The van der Waals surface area contributed by atoms with Crippen molar-refractivity contribution < 1.29 is 39.1 Å². The predicted molar refractivity (Wildman–Crippen MR) is 114 cm³/mol. The van der Waals surface area contributed by atoms with Crippen molar-refractivity contribution in [3.05, 3.63) is 0 Å². The van der Waals surface area contributed by atoms with Gasteiger partial charge in [-0.05, 0) is 26.0 Å². The molecule has 0 aromatic rings. The van der Waals surface area contributed by atoms with Gasteiger partial charge in [-0.25, -0.2) is 9.18 Å². The minimum atomic E-state index is -1.66. The third kappa shape index (κ3) is 5.94. The second-order valence-electron chi connectivity index (χ2n) is 8.24. The molecule has 0 spiro atoms. The van der Waals surface area contributed by atoms with Gasteiger partial charge in [0.25, 0.3) is 0 Å². The molecule has 0 radical (unpaired) electrons. The van der Waals surface area contributed by atoms with Crippen molar-refractivity contribution in [2.24, 2.45) is 0 Å². The van der Waals surface area contributed by atoms with Crippen LogP contribution in [0.5, 0.6) is 0 Å². The maximum absolute atomic E-state index is 15.2. The quantitative estimate of drug-likeness (QED) is 0.335. The number of nitrogens with zero attached hydrogens (tertiary/aromatic N) is 1. The Labute approximate surface area is 190 Å². The van der Waals surface area contributed by atoms with Crippen molar-refractivity contribution in [3.63, 3.8) is 0 Å². The lowest BCUT2D eigenvalue weighted by Crippen LogP contribution is -2.66. The molecular weight excluding hydrogens is 455 g/mol. The number of nitrogens with one attached hydrogen (secondary N) is 1. The molecule has 9 unspecified atom stereocenters. The zero-order valence-corrected chi connectivity index (χ0v) is 19.4. The Morgan fingerprint density at radius 1 is 1.32 bits per heavy atom. The Kier molecular flexibility index (Phi) is 9.24. The maximum Gasteiger partial charge on any atom is 0.407 e. The SMILES string of the molecule is CCCC1(F)CCN(C(=O)O)C(C(=O)NC(C(C)Cl)C2OC(SC)C(O)C(O)C2O)C1. The number of aliphatic hydroxyl groups excluding tert-OH is 3. The first-order valence-corrected chi connectivity index (χ1v) is 12.0. The Hall–Kier alpha value is -0.850. The van der Waals surface area contributed by atoms with Crippen LogP contribution in [0.25, 0.3) is 0 Å². The number of alkyl halides is 2. The molecule has 2 heterocycles. The number of hydrogen-bond acceptors (Lipinski definition) is 7. The van der Waals surface area contributed by atoms with E-state index in [4.69, 9.17) is 16.3 Å². The minimum Gasteiger partial charge on any atom is -0.465 e. The Morgan fingerprint density at radius 3 is 2.48 bits per heavy atom. The second kappa shape index (κ2) is 10.8. The first-order valence-electron chi connectivity index (χ1n) is 10.3. The normalized spacial score (nSPS) is 38.4. The fourth-order valence-electron chi connectivity index (χ4n) is 4.26. The molecule has 2 saturated heterocycles. The molecule has 0 aliphatic carbocycles. The third-order valence-corrected chi connectivity index (χ3v) is 7.11. The molecule has 12 heteroatoms. The van der Waals surface area contributed by atoms with Crippen molar-refractivity contribution in [2.45, 2.75) is 92.5 Å². The third-order valence-electron chi connectivity index (χ3n) is 5.98. The van der Waals surface area contributed by atoms with Gasteiger partial charge in [0.05, 0.1) is 11.4 Å². The topological polar surface area (TPSA) is 140 Å². The first kappa shape index (κ1) is 26.4. The Bertz CT molecular complexity index is 646. The summed E-state index contributed by atoms with van der Waals surface area (Å²) in [5, 5.41) is 42.0. The smallest absolute Gasteiger partial charge is 0.407 e. The van der Waals surface area contributed by atoms with E-state index in [1.807, 2.05) is 6.92 Å². The van der Waals surface area contributed by atoms with Gasteiger partial charge in [0.1, 0.15) is 41.6 Å². The van der Waals surface area contributed by atoms with Gasteiger partial charge in [-0.3, -0.25) is 9.69 Å². The van der Waals surface area contributed by atoms with Crippen LogP contribution in [-0.2, 0) is 9.53 Å². The molecule has 5 N–H and O–H groups in total. The number of thioether (sulfide) groups is 1. The summed E-state index contributed by atoms with van der Waals surface area (Å²) in [5.41, 5.74) is -2.53. The molecule has 2 aliphatic rings. The van der Waals surface area contributed by atoms with Crippen LogP contribution in [0.4, 0.5) is 9.18 Å². The largest absolute Gasteiger partial charge is 0.465 e. The van der Waals surface area contributed by atoms with Gasteiger partial charge in [0.15, 0.2) is 0 Å². The molecule has 0 aromatic heterocycles. The van der Waals surface area contributed by atoms with E-state index in [1.165, 1.54) is 0 Å². The van der Waals surface area contributed by atoms with Crippen molar-refractivity contribution in [1.82, 2.24) is 10.2 Å². The molecule has 2 aliphatic heterocycles. The van der Waals surface area contributed by atoms with Gasteiger partial charge >= 0.3 is 6.09 Å². The lowest BCUT2D eigenvalue weighted by Gasteiger charge is -2.45. The van der Waals surface area contributed by atoms with Crippen LogP contribution in [0.15, 0.2) is 0 Å². The number of carboxylic acid groups (broad SMARTS) is 1. The van der Waals surface area contributed by atoms with Crippen molar-refractivity contribution in [3.8, 4) is 0 Å². The monoisotopic (exact) mass is 486 g/mol. The standard InChI is InChI=1S/C19H32ClFN2O7S/c1-4-5-19(21)6-7-23(18(28)29)10(8-19)16(27)22-11(9(2)20)15-13(25)12(24)14(26)17(30-15)31-3/h9-15,17,24-26H,4-8H2,1-3H3,(H,22,27)(H,28,29). The molecule has 9 atom stereocenters. The van der Waals surface area contributed by atoms with E-state index < -0.39 is 65.0 Å². The Morgan fingerprint density at radius 2 is 1.97 bits per heavy atom. The molecule has 9 nitrogen and oxygen atoms in total. The van der Waals surface area contributed by atoms with Crippen molar-refractivity contribution in [2.75, 3.05) is 12.8 Å². The van der Waals surface area contributed by atoms with Crippen LogP contribution in [0.1, 0.15) is 39.5 Å². The molecule has 0 saturated carbocycles. The van der Waals surface area contributed by atoms with E-state index in [-0.39, 0.29) is 25.8 Å². The lowest BCUT2D eigenvalue weighted by molar-refractivity contribution is -0.205. The summed E-state index contributed by atoms with van der Waals surface area (Å²) >= 11 is 7.36. The summed E-state index contributed by atoms with van der Waals surface area (Å²) in [6, 6.07) is -2.30. The number of amides is 2. The lowest BCUT2D eigenvalue weighted by atomic mass is 9.84. The van der Waals surface area contributed by atoms with Crippen LogP contribution in [-0.4, -0.2) is 103 Å². The van der Waals surface area contributed by atoms with Crippen LogP contribution >= 0.6 is 23.4 Å². The highest BCUT2D eigenvalue weighted by Crippen LogP contribution is 2.35. The number of carbonyl (C=O) groups is 2. The zero-order chi connectivity index (χ0) is 23.5. The number of likely N-dealkylation sites (tertiary alicyclic amines) is 1. The number of hydrogen-bond donors (Lipinski definition) is 5. The second-order valence-corrected chi connectivity index (χ2v) is 9.86. The highest BCUT2D eigenvalue weighted by atomic mass is 35.5. The highest BCUT2D eigenvalue weighted by Gasteiger charge is 2.49. The van der Waals surface area contributed by atoms with Crippen molar-refractivity contribution >= 4 is 35.4 Å². The minimum absolute atomic E-state index is 0.0101. The number of carbonyl (C=O) groups excluding carboxylic acids is 1. The fourth-order valence-corrected chi connectivity index (χ4v) is 5.14. The number of piperidine rings is 1. The number of halogens is 2. The summed E-state index contributed by atoms with van der Waals surface area (Å²) in [6.45, 7) is 3.24. The van der Waals surface area contributed by atoms with Crippen LogP contribution in [0, 0.1) is 0 Å². The number of rotatable bonds is 7. The number of ether oxygens (including phenoxy) is 1. The number of aliphatic hydroxyl groups is 3. The summed E-state index contributed by atoms with van der Waals surface area (Å²) < 4.78 is 20.9. The average Bonchev–Trinajstić information content (AvgIpc) is 2.70. The molecular formula is C19H32ClFN2O7S. The van der Waals surface area contributed by atoms with Crippen LogP contribution in [0.3, 0.4) is 0 Å². The van der Waals surface area contributed by atoms with E-state index in [9.17, 15) is 30.0 Å². The molecule has 2 rings (SSSR count). The molecule has 0 aromatic carbocycles. The summed E-state index contributed by atoms with van der Waals surface area (Å²) in [7, 11) is 0. The van der Waals surface area contributed by atoms with Gasteiger partial charge in [-0.1, -0.05) is 13.3 Å². The van der Waals surface area contributed by atoms with Crippen LogP contribution in [0.2, 0.25) is 0 Å². The fraction of sp³-hybridized carbons (Fsp3) is 0.895. The van der Waals surface area contributed by atoms with E-state index in [1.54, 1.807) is 13.2 Å². The van der Waals surface area contributed by atoms with Gasteiger partial charge in [0.2, 0.25) is 5.91 Å². The first-order chi connectivity index (χ1) is 14.5. The van der Waals surface area contributed by atoms with E-state index in [0.29, 0.717) is 6.42 Å². The van der Waals surface area contributed by atoms with E-state index in [0.717, 1.165) is 16.7 Å². The van der Waals surface area contributed by atoms with Crippen molar-refractivity contribution in [1.29, 1.82) is 0 Å². The molecule has 31 heavy (non-hydrogen) atoms. The molecule has 2 fully saturated rings. The predicted octanol–water partition coefficient (Wildman–Crippen LogP) is 0.920. The van der Waals surface area contributed by atoms with Gasteiger partial charge in [0, 0.05) is 13.0 Å². The molecule has 2 amide bonds. The van der Waals surface area contributed by atoms with Gasteiger partial charge < -0.3 is 30.5 Å².